The number of fused-ring (bicyclic) bond motifs is 7. The third kappa shape index (κ3) is 7.29. The highest BCUT2D eigenvalue weighted by Gasteiger charge is 2.48. The zero-order valence-corrected chi connectivity index (χ0v) is 42.9. The van der Waals surface area contributed by atoms with E-state index in [0.717, 1.165) is 24.8 Å². The first-order valence-corrected chi connectivity index (χ1v) is 25.6. The average Bonchev–Trinajstić information content (AvgIpc) is 3.68. The largest absolute Gasteiger partial charge is 0.311 e. The summed E-state index contributed by atoms with van der Waals surface area (Å²) in [7, 11) is 0. The molecular weight excluding hydrogens is 840 g/mol. The van der Waals surface area contributed by atoms with Crippen LogP contribution in [-0.4, -0.2) is 6.71 Å². The smallest absolute Gasteiger partial charge is 0.254 e. The third-order valence-electron chi connectivity index (χ3n) is 15.7. The number of aryl methyl sites for hydroxylation is 1. The second kappa shape index (κ2) is 15.7. The molecule has 2 aliphatic heterocycles. The maximum Gasteiger partial charge on any atom is 0.254 e. The van der Waals surface area contributed by atoms with Crippen molar-refractivity contribution < 1.29 is 0 Å². The first-order chi connectivity index (χ1) is 32.3. The summed E-state index contributed by atoms with van der Waals surface area (Å²) >= 11 is 1.95. The maximum absolute atomic E-state index is 4.75. The molecule has 0 atom stereocenters. The molecule has 0 radical (unpaired) electrons. The Balaban J connectivity index is 1.29. The minimum atomic E-state index is -0.0316. The van der Waals surface area contributed by atoms with Crippen LogP contribution < -0.4 is 26.2 Å². The van der Waals surface area contributed by atoms with Gasteiger partial charge in [0, 0.05) is 33.0 Å². The summed E-state index contributed by atoms with van der Waals surface area (Å²) in [4.78, 5) is 5.32. The Morgan fingerprint density at radius 1 is 0.603 bits per heavy atom. The predicted octanol–water partition coefficient (Wildman–Crippen LogP) is 16.2. The summed E-state index contributed by atoms with van der Waals surface area (Å²) < 4.78 is 1.33. The molecule has 3 heterocycles. The van der Waals surface area contributed by atoms with Gasteiger partial charge in [-0.25, -0.2) is 0 Å². The Bertz CT molecular complexity index is 3300. The van der Waals surface area contributed by atoms with Crippen molar-refractivity contribution in [2.24, 2.45) is 0 Å². The number of benzene rings is 7. The van der Waals surface area contributed by atoms with Crippen LogP contribution in [0.25, 0.3) is 26.8 Å². The van der Waals surface area contributed by atoms with E-state index in [-0.39, 0.29) is 28.4 Å². The van der Waals surface area contributed by atoms with Crippen molar-refractivity contribution in [3.63, 3.8) is 0 Å². The quantitative estimate of drug-likeness (QED) is 0.153. The summed E-state index contributed by atoms with van der Waals surface area (Å²) in [5, 5.41) is 2.67. The van der Waals surface area contributed by atoms with E-state index in [1.807, 2.05) is 11.3 Å². The number of hydrogen-bond donors (Lipinski definition) is 0. The highest BCUT2D eigenvalue weighted by Crippen LogP contribution is 2.53. The first-order valence-electron chi connectivity index (χ1n) is 24.8. The van der Waals surface area contributed by atoms with Crippen LogP contribution in [0.3, 0.4) is 0 Å². The van der Waals surface area contributed by atoms with E-state index >= 15 is 0 Å². The number of nitrogens with zero attached hydrogens (tertiary/aromatic N) is 2. The zero-order chi connectivity index (χ0) is 47.7. The number of anilines is 6. The van der Waals surface area contributed by atoms with Gasteiger partial charge < -0.3 is 9.80 Å². The van der Waals surface area contributed by atoms with Gasteiger partial charge in [0.25, 0.3) is 6.71 Å². The number of hydrogen-bond acceptors (Lipinski definition) is 3. The van der Waals surface area contributed by atoms with Gasteiger partial charge in [0.05, 0.1) is 10.7 Å². The lowest BCUT2D eigenvalue weighted by atomic mass is 9.33. The molecule has 4 heteroatoms. The van der Waals surface area contributed by atoms with Crippen LogP contribution in [0, 0.1) is 6.92 Å². The molecule has 0 amide bonds. The van der Waals surface area contributed by atoms with E-state index < -0.39 is 0 Å². The van der Waals surface area contributed by atoms with E-state index in [0.29, 0.717) is 0 Å². The SMILES string of the molecule is C=C(Cc1cc2c3c(c1)N(c1ccc(C(C)(C)C)cc1)c1sc4ccc(C)cc4c1B3c1cc3c(cc1N2c1ccc(C(C)(C)C)cc1-c1ccccc1)C(C)(C)CCC3(C)C)c1ccccc1. The van der Waals surface area contributed by atoms with Crippen LogP contribution in [0.5, 0.6) is 0 Å². The van der Waals surface area contributed by atoms with Crippen LogP contribution in [-0.2, 0) is 28.1 Å². The minimum absolute atomic E-state index is 0.00781. The lowest BCUT2D eigenvalue weighted by Crippen LogP contribution is -2.61. The first kappa shape index (κ1) is 44.4. The number of rotatable bonds is 6. The van der Waals surface area contributed by atoms with E-state index in [4.69, 9.17) is 6.58 Å². The van der Waals surface area contributed by atoms with Crippen molar-refractivity contribution in [1.82, 2.24) is 0 Å². The standard InChI is InChI=1S/C64H65BN2S/c1-40-23-30-57-49(33-40)58-60(68-57)66(47-27-24-45(25-28-47)61(3,4)5)55-35-42(34-41(2)43-19-15-13-16-20-43)36-56-59(55)65(58)52-38-50-51(64(11,12)32-31-63(50,9)10)39-54(52)67(56)53-29-26-46(62(6,7)8)37-48(53)44-21-17-14-18-22-44/h13-30,33,35-39H,2,31-32,34H2,1,3-12H3. The monoisotopic (exact) mass is 904 g/mol. The van der Waals surface area contributed by atoms with Crippen LogP contribution in [0.15, 0.2) is 152 Å². The van der Waals surface area contributed by atoms with Gasteiger partial charge in [-0.05, 0) is 163 Å². The fraction of sp³-hybridized carbons (Fsp3) is 0.281. The Hall–Kier alpha value is -6.10. The molecule has 68 heavy (non-hydrogen) atoms. The zero-order valence-electron chi connectivity index (χ0n) is 42.1. The molecule has 8 aromatic rings. The van der Waals surface area contributed by atoms with E-state index in [2.05, 4.69) is 232 Å². The molecular formula is C64H65BN2S. The summed E-state index contributed by atoms with van der Waals surface area (Å²) in [5.41, 5.74) is 23.4. The fourth-order valence-corrected chi connectivity index (χ4v) is 12.8. The van der Waals surface area contributed by atoms with Gasteiger partial charge in [0.2, 0.25) is 0 Å². The van der Waals surface area contributed by atoms with Gasteiger partial charge in [-0.1, -0.05) is 178 Å². The van der Waals surface area contributed by atoms with Gasteiger partial charge in [-0.3, -0.25) is 0 Å². The van der Waals surface area contributed by atoms with Crippen LogP contribution in [0.2, 0.25) is 0 Å². The Kier molecular flexibility index (Phi) is 10.3. The topological polar surface area (TPSA) is 6.48 Å². The second-order valence-electron chi connectivity index (χ2n) is 23.5. The molecule has 2 nitrogen and oxygen atoms in total. The average molecular weight is 905 g/mol. The highest BCUT2D eigenvalue weighted by atomic mass is 32.1. The van der Waals surface area contributed by atoms with Crippen molar-refractivity contribution in [1.29, 1.82) is 0 Å². The van der Waals surface area contributed by atoms with Crippen molar-refractivity contribution >= 4 is 83.5 Å². The second-order valence-corrected chi connectivity index (χ2v) is 24.5. The normalized spacial score (nSPS) is 15.7. The molecule has 0 unspecified atom stereocenters. The summed E-state index contributed by atoms with van der Waals surface area (Å²) in [6, 6.07) is 56.1. The van der Waals surface area contributed by atoms with Crippen molar-refractivity contribution in [2.75, 3.05) is 9.80 Å². The van der Waals surface area contributed by atoms with Gasteiger partial charge in [-0.2, -0.15) is 0 Å². The molecule has 0 saturated heterocycles. The van der Waals surface area contributed by atoms with Crippen LogP contribution in [0.4, 0.5) is 33.4 Å². The van der Waals surface area contributed by atoms with Crippen molar-refractivity contribution in [3.05, 3.63) is 191 Å². The van der Waals surface area contributed by atoms with Gasteiger partial charge >= 0.3 is 0 Å². The summed E-state index contributed by atoms with van der Waals surface area (Å²) in [6.45, 7) is 30.9. The van der Waals surface area contributed by atoms with Crippen LogP contribution >= 0.6 is 11.3 Å². The fourth-order valence-electron chi connectivity index (χ4n) is 11.5. The van der Waals surface area contributed by atoms with Crippen molar-refractivity contribution in [2.45, 2.75) is 117 Å². The summed E-state index contributed by atoms with van der Waals surface area (Å²) in [5.74, 6) is 0. The molecule has 0 saturated carbocycles. The van der Waals surface area contributed by atoms with Gasteiger partial charge in [-0.15, -0.1) is 11.3 Å². The molecule has 0 N–H and O–H groups in total. The number of allylic oxidation sites excluding steroid dienone is 1. The molecule has 340 valence electrons. The molecule has 1 aliphatic carbocycles. The third-order valence-corrected chi connectivity index (χ3v) is 16.8. The van der Waals surface area contributed by atoms with Gasteiger partial charge in [0.15, 0.2) is 0 Å². The Labute approximate surface area is 410 Å². The Morgan fingerprint density at radius 3 is 1.85 bits per heavy atom. The molecule has 0 spiro atoms. The van der Waals surface area contributed by atoms with E-state index in [9.17, 15) is 0 Å². The van der Waals surface area contributed by atoms with Crippen molar-refractivity contribution in [3.8, 4) is 11.1 Å². The number of thiophene rings is 1. The summed E-state index contributed by atoms with van der Waals surface area (Å²) in [6.07, 6.45) is 3.04. The molecule has 11 rings (SSSR count). The maximum atomic E-state index is 4.75. The van der Waals surface area contributed by atoms with E-state index in [1.165, 1.54) is 110 Å². The molecule has 3 aliphatic rings. The molecule has 1 aromatic heterocycles. The molecule has 0 fully saturated rings. The molecule has 7 aromatic carbocycles. The van der Waals surface area contributed by atoms with Crippen LogP contribution in [0.1, 0.15) is 121 Å². The lowest BCUT2D eigenvalue weighted by molar-refractivity contribution is 0.332. The molecule has 0 bridgehead atoms. The Morgan fingerprint density at radius 2 is 1.21 bits per heavy atom. The minimum Gasteiger partial charge on any atom is -0.311 e. The highest BCUT2D eigenvalue weighted by molar-refractivity contribution is 7.26. The van der Waals surface area contributed by atoms with Gasteiger partial charge in [0.1, 0.15) is 0 Å². The predicted molar refractivity (Wildman–Crippen MR) is 298 cm³/mol. The lowest BCUT2D eigenvalue weighted by Gasteiger charge is -2.47. The van der Waals surface area contributed by atoms with E-state index in [1.54, 1.807) is 0 Å².